The Morgan fingerprint density at radius 1 is 1.29 bits per heavy atom. The molecule has 1 N–H and O–H groups in total. The first kappa shape index (κ1) is 14.3. The van der Waals surface area contributed by atoms with Gasteiger partial charge in [-0.3, -0.25) is 4.40 Å². The van der Waals surface area contributed by atoms with Crippen molar-refractivity contribution in [3.8, 4) is 0 Å². The minimum atomic E-state index is 0.0487. The van der Waals surface area contributed by atoms with E-state index in [1.54, 1.807) is 11.3 Å². The molecule has 1 unspecified atom stereocenters. The molecule has 0 aliphatic carbocycles. The monoisotopic (exact) mass is 299 g/mol. The van der Waals surface area contributed by atoms with Crippen molar-refractivity contribution < 1.29 is 0 Å². The molecule has 0 aliphatic rings. The van der Waals surface area contributed by atoms with Gasteiger partial charge in [0.2, 0.25) is 0 Å². The number of fused-ring (bicyclic) bond motifs is 1. The van der Waals surface area contributed by atoms with Crippen molar-refractivity contribution in [1.29, 1.82) is 0 Å². The molecule has 110 valence electrons. The molecule has 0 fully saturated rings. The number of nitrogens with one attached hydrogen (secondary N) is 1. The number of nitrogens with zero attached hydrogens (tertiary/aromatic N) is 2. The molecule has 0 spiro atoms. The minimum Gasteiger partial charge on any atom is -0.316 e. The number of imidazole rings is 1. The second-order valence-electron chi connectivity index (χ2n) is 5.96. The Hall–Kier alpha value is -1.65. The van der Waals surface area contributed by atoms with Gasteiger partial charge in [-0.25, -0.2) is 4.98 Å². The Kier molecular flexibility index (Phi) is 3.83. The molecule has 0 radical (unpaired) electrons. The summed E-state index contributed by atoms with van der Waals surface area (Å²) in [6.45, 7) is 4.59. The highest BCUT2D eigenvalue weighted by Gasteiger charge is 2.30. The van der Waals surface area contributed by atoms with Crippen LogP contribution in [0, 0.1) is 0 Å². The van der Waals surface area contributed by atoms with Crippen LogP contribution in [0.25, 0.3) is 4.96 Å². The molecule has 0 saturated heterocycles. The van der Waals surface area contributed by atoms with E-state index in [0.717, 1.165) is 17.1 Å². The summed E-state index contributed by atoms with van der Waals surface area (Å²) in [5.41, 5.74) is 2.54. The molecule has 21 heavy (non-hydrogen) atoms. The molecule has 2 heterocycles. The lowest BCUT2D eigenvalue weighted by Gasteiger charge is -2.34. The molecule has 4 heteroatoms. The summed E-state index contributed by atoms with van der Waals surface area (Å²) < 4.78 is 2.10. The summed E-state index contributed by atoms with van der Waals surface area (Å²) in [4.78, 5) is 5.78. The van der Waals surface area contributed by atoms with Gasteiger partial charge in [0.25, 0.3) is 0 Å². The lowest BCUT2D eigenvalue weighted by Crippen LogP contribution is -2.44. The molecule has 0 bridgehead atoms. The fourth-order valence-electron chi connectivity index (χ4n) is 2.87. The fourth-order valence-corrected chi connectivity index (χ4v) is 3.59. The lowest BCUT2D eigenvalue weighted by atomic mass is 9.76. The van der Waals surface area contributed by atoms with Crippen LogP contribution < -0.4 is 5.32 Å². The molecular weight excluding hydrogens is 278 g/mol. The number of thiazole rings is 1. The summed E-state index contributed by atoms with van der Waals surface area (Å²) in [5, 5.41) is 5.55. The molecule has 1 aromatic carbocycles. The molecule has 1 atom stereocenters. The van der Waals surface area contributed by atoms with Gasteiger partial charge in [-0.2, -0.15) is 0 Å². The molecule has 0 saturated carbocycles. The normalized spacial score (nSPS) is 13.7. The minimum absolute atomic E-state index is 0.0487. The van der Waals surface area contributed by atoms with Crippen molar-refractivity contribution in [3.63, 3.8) is 0 Å². The van der Waals surface area contributed by atoms with Crippen molar-refractivity contribution in [3.05, 3.63) is 59.4 Å². The van der Waals surface area contributed by atoms with Crippen LogP contribution >= 0.6 is 11.3 Å². The highest BCUT2D eigenvalue weighted by molar-refractivity contribution is 7.15. The third-order valence-corrected chi connectivity index (χ3v) is 5.06. The standard InChI is InChI=1S/C17H21N3S/c1-17(2,13-7-5-4-6-8-13)15(18-3)11-14-12-20-9-10-21-16(20)19-14/h4-10,12,15,18H,11H2,1-3H3. The molecular formula is C17H21N3S. The number of benzene rings is 1. The Morgan fingerprint density at radius 2 is 2.05 bits per heavy atom. The maximum Gasteiger partial charge on any atom is 0.193 e. The van der Waals surface area contributed by atoms with Gasteiger partial charge in [-0.1, -0.05) is 44.2 Å². The van der Waals surface area contributed by atoms with Crippen LogP contribution in [-0.2, 0) is 11.8 Å². The van der Waals surface area contributed by atoms with Gasteiger partial charge in [0.1, 0.15) is 0 Å². The second kappa shape index (κ2) is 5.62. The fraction of sp³-hybridized carbons (Fsp3) is 0.353. The summed E-state index contributed by atoms with van der Waals surface area (Å²) in [6.07, 6.45) is 5.12. The van der Waals surface area contributed by atoms with Crippen molar-refractivity contribution in [2.75, 3.05) is 7.05 Å². The summed E-state index contributed by atoms with van der Waals surface area (Å²) in [6, 6.07) is 11.0. The van der Waals surface area contributed by atoms with E-state index in [4.69, 9.17) is 4.98 Å². The number of aromatic nitrogens is 2. The van der Waals surface area contributed by atoms with E-state index in [0.29, 0.717) is 6.04 Å². The third-order valence-electron chi connectivity index (χ3n) is 4.29. The Balaban J connectivity index is 1.85. The van der Waals surface area contributed by atoms with Crippen LogP contribution in [0.1, 0.15) is 25.1 Å². The van der Waals surface area contributed by atoms with Gasteiger partial charge in [0.05, 0.1) is 5.69 Å². The zero-order valence-corrected chi connectivity index (χ0v) is 13.5. The van der Waals surface area contributed by atoms with E-state index in [9.17, 15) is 0 Å². The number of hydrogen-bond donors (Lipinski definition) is 1. The Morgan fingerprint density at radius 3 is 2.71 bits per heavy atom. The average molecular weight is 299 g/mol. The van der Waals surface area contributed by atoms with Crippen LogP contribution in [0.15, 0.2) is 48.1 Å². The van der Waals surface area contributed by atoms with Gasteiger partial charge in [0.15, 0.2) is 4.96 Å². The maximum absolute atomic E-state index is 4.71. The zero-order chi connectivity index (χ0) is 14.9. The molecule has 2 aromatic heterocycles. The Bertz CT molecular complexity index is 683. The van der Waals surface area contributed by atoms with Gasteiger partial charge in [-0.05, 0) is 12.6 Å². The number of rotatable bonds is 5. The van der Waals surface area contributed by atoms with E-state index in [1.165, 1.54) is 5.56 Å². The smallest absolute Gasteiger partial charge is 0.193 e. The topological polar surface area (TPSA) is 29.3 Å². The molecule has 0 amide bonds. The van der Waals surface area contributed by atoms with E-state index in [1.807, 2.05) is 7.05 Å². The van der Waals surface area contributed by atoms with Crippen LogP contribution in [0.5, 0.6) is 0 Å². The molecule has 3 nitrogen and oxygen atoms in total. The molecule has 0 aliphatic heterocycles. The van der Waals surface area contributed by atoms with Crippen molar-refractivity contribution in [2.24, 2.45) is 0 Å². The van der Waals surface area contributed by atoms with Crippen LogP contribution in [0.2, 0.25) is 0 Å². The van der Waals surface area contributed by atoms with E-state index < -0.39 is 0 Å². The number of likely N-dealkylation sites (N-methyl/N-ethyl adjacent to an activating group) is 1. The van der Waals surface area contributed by atoms with E-state index in [-0.39, 0.29) is 5.41 Å². The van der Waals surface area contributed by atoms with Crippen molar-refractivity contribution in [2.45, 2.75) is 31.7 Å². The van der Waals surface area contributed by atoms with Crippen molar-refractivity contribution >= 4 is 16.3 Å². The van der Waals surface area contributed by atoms with Gasteiger partial charge in [-0.15, -0.1) is 11.3 Å². The van der Waals surface area contributed by atoms with Crippen molar-refractivity contribution in [1.82, 2.24) is 14.7 Å². The largest absolute Gasteiger partial charge is 0.316 e. The predicted octanol–water partition coefficient (Wildman–Crippen LogP) is 3.50. The van der Waals surface area contributed by atoms with E-state index >= 15 is 0 Å². The molecule has 3 rings (SSSR count). The van der Waals surface area contributed by atoms with Gasteiger partial charge >= 0.3 is 0 Å². The maximum atomic E-state index is 4.71. The predicted molar refractivity (Wildman–Crippen MR) is 89.1 cm³/mol. The van der Waals surface area contributed by atoms with Crippen LogP contribution in [0.4, 0.5) is 0 Å². The first-order valence-electron chi connectivity index (χ1n) is 7.25. The number of hydrogen-bond acceptors (Lipinski definition) is 3. The first-order valence-corrected chi connectivity index (χ1v) is 8.13. The van der Waals surface area contributed by atoms with Crippen LogP contribution in [0.3, 0.4) is 0 Å². The van der Waals surface area contributed by atoms with Gasteiger partial charge in [0, 0.05) is 35.7 Å². The summed E-state index contributed by atoms with van der Waals surface area (Å²) >= 11 is 1.68. The Labute approximate surface area is 129 Å². The lowest BCUT2D eigenvalue weighted by molar-refractivity contribution is 0.354. The SMILES string of the molecule is CNC(Cc1cn2ccsc2n1)C(C)(C)c1ccccc1. The molecule has 3 aromatic rings. The quantitative estimate of drug-likeness (QED) is 0.781. The highest BCUT2D eigenvalue weighted by atomic mass is 32.1. The zero-order valence-electron chi connectivity index (χ0n) is 12.7. The van der Waals surface area contributed by atoms with Gasteiger partial charge < -0.3 is 5.32 Å². The summed E-state index contributed by atoms with van der Waals surface area (Å²) in [7, 11) is 2.04. The van der Waals surface area contributed by atoms with E-state index in [2.05, 4.69) is 71.7 Å². The summed E-state index contributed by atoms with van der Waals surface area (Å²) in [5.74, 6) is 0. The first-order chi connectivity index (χ1) is 10.1. The third kappa shape index (κ3) is 2.74. The second-order valence-corrected chi connectivity index (χ2v) is 6.83. The van der Waals surface area contributed by atoms with Crippen LogP contribution in [-0.4, -0.2) is 22.5 Å². The highest BCUT2D eigenvalue weighted by Crippen LogP contribution is 2.29. The average Bonchev–Trinajstić information content (AvgIpc) is 3.06.